The molecule has 1 aromatic heterocycles. The first-order valence-corrected chi connectivity index (χ1v) is 16.1. The second-order valence-electron chi connectivity index (χ2n) is 13.5. The highest BCUT2D eigenvalue weighted by molar-refractivity contribution is 5.82. The van der Waals surface area contributed by atoms with Gasteiger partial charge in [0.05, 0.1) is 5.92 Å². The SMILES string of the molecule is COCCCc1cc(CN(C(=O)[C@H]2CN(C(=O)OC(C)(C)C)CC[C@@H]2c2ccn(C)c(=O)c2)C2CC2)cc(-c2ccccc2)c1. The highest BCUT2D eigenvalue weighted by atomic mass is 16.6. The maximum atomic E-state index is 14.7. The second-order valence-corrected chi connectivity index (χ2v) is 13.5. The Bertz CT molecular complexity index is 1540. The summed E-state index contributed by atoms with van der Waals surface area (Å²) >= 11 is 0. The van der Waals surface area contributed by atoms with Crippen molar-refractivity contribution in [1.82, 2.24) is 14.4 Å². The minimum Gasteiger partial charge on any atom is -0.444 e. The third-order valence-electron chi connectivity index (χ3n) is 8.74. The minimum atomic E-state index is -0.635. The highest BCUT2D eigenvalue weighted by Gasteiger charge is 2.43. The molecule has 45 heavy (non-hydrogen) atoms. The molecule has 8 nitrogen and oxygen atoms in total. The lowest BCUT2D eigenvalue weighted by molar-refractivity contribution is -0.139. The molecule has 2 fully saturated rings. The van der Waals surface area contributed by atoms with Gasteiger partial charge in [0.1, 0.15) is 5.60 Å². The molecule has 3 aromatic rings. The standard InChI is InChI=1S/C37H47N3O5/c1-37(2,3)45-36(43)39-18-16-32(29-15-17-38(4)34(41)23-29)33(25-39)35(42)40(31-13-14-31)24-27-20-26(10-9-19-44-5)21-30(22-27)28-11-7-6-8-12-28/h6-8,11-12,15,17,20-23,31-33H,9-10,13-14,16,18-19,24-25H2,1-5H3/t32-,33+/m1/s1. The van der Waals surface area contributed by atoms with Gasteiger partial charge in [-0.3, -0.25) is 9.59 Å². The average molecular weight is 614 g/mol. The lowest BCUT2D eigenvalue weighted by Crippen LogP contribution is -2.51. The van der Waals surface area contributed by atoms with Crippen LogP contribution in [0.3, 0.4) is 0 Å². The molecule has 1 aliphatic heterocycles. The number of ether oxygens (including phenoxy) is 2. The van der Waals surface area contributed by atoms with Crippen molar-refractivity contribution in [2.75, 3.05) is 26.8 Å². The maximum absolute atomic E-state index is 14.7. The summed E-state index contributed by atoms with van der Waals surface area (Å²) in [6.45, 7) is 7.45. The van der Waals surface area contributed by atoms with Gasteiger partial charge in [-0.15, -0.1) is 0 Å². The third kappa shape index (κ3) is 8.42. The number of nitrogens with zero attached hydrogens (tertiary/aromatic N) is 3. The van der Waals surface area contributed by atoms with Gasteiger partial charge < -0.3 is 23.8 Å². The van der Waals surface area contributed by atoms with Gasteiger partial charge in [-0.2, -0.15) is 0 Å². The molecule has 0 spiro atoms. The van der Waals surface area contributed by atoms with Gasteiger partial charge in [-0.25, -0.2) is 4.79 Å². The molecule has 5 rings (SSSR count). The van der Waals surface area contributed by atoms with Crippen molar-refractivity contribution in [3.05, 3.63) is 93.9 Å². The molecule has 0 radical (unpaired) electrons. The zero-order chi connectivity index (χ0) is 32.1. The van der Waals surface area contributed by atoms with E-state index in [4.69, 9.17) is 9.47 Å². The summed E-state index contributed by atoms with van der Waals surface area (Å²) in [7, 11) is 3.45. The van der Waals surface area contributed by atoms with Crippen molar-refractivity contribution in [2.24, 2.45) is 13.0 Å². The molecule has 2 aliphatic rings. The summed E-state index contributed by atoms with van der Waals surface area (Å²) in [4.78, 5) is 44.2. The largest absolute Gasteiger partial charge is 0.444 e. The van der Waals surface area contributed by atoms with Crippen molar-refractivity contribution in [3.63, 3.8) is 0 Å². The number of piperidine rings is 1. The van der Waals surface area contributed by atoms with E-state index in [0.29, 0.717) is 26.1 Å². The number of pyridine rings is 1. The molecule has 1 saturated carbocycles. The number of carbonyl (C=O) groups is 2. The van der Waals surface area contributed by atoms with Crippen molar-refractivity contribution in [2.45, 2.75) is 77.0 Å². The number of rotatable bonds is 10. The molecule has 0 unspecified atom stereocenters. The van der Waals surface area contributed by atoms with Crippen LogP contribution < -0.4 is 5.56 Å². The van der Waals surface area contributed by atoms with Crippen molar-refractivity contribution >= 4 is 12.0 Å². The number of hydrogen-bond donors (Lipinski definition) is 0. The summed E-state index contributed by atoms with van der Waals surface area (Å²) < 4.78 is 12.6. The average Bonchev–Trinajstić information content (AvgIpc) is 3.86. The summed E-state index contributed by atoms with van der Waals surface area (Å²) in [5.41, 5.74) is 4.70. The summed E-state index contributed by atoms with van der Waals surface area (Å²) in [6, 6.07) is 20.7. The van der Waals surface area contributed by atoms with Crippen LogP contribution in [0.15, 0.2) is 71.7 Å². The van der Waals surface area contributed by atoms with E-state index in [2.05, 4.69) is 30.3 Å². The lowest BCUT2D eigenvalue weighted by Gasteiger charge is -2.40. The Morgan fingerprint density at radius 3 is 2.36 bits per heavy atom. The van der Waals surface area contributed by atoms with E-state index in [1.165, 1.54) is 10.1 Å². The molecule has 1 aliphatic carbocycles. The van der Waals surface area contributed by atoms with E-state index < -0.39 is 17.6 Å². The number of methoxy groups -OCH3 is 1. The minimum absolute atomic E-state index is 0.0301. The molecule has 2 aromatic carbocycles. The third-order valence-corrected chi connectivity index (χ3v) is 8.74. The van der Waals surface area contributed by atoms with Gasteiger partial charge in [0.2, 0.25) is 5.91 Å². The lowest BCUT2D eigenvalue weighted by atomic mass is 9.79. The van der Waals surface area contributed by atoms with E-state index in [0.717, 1.165) is 47.9 Å². The summed E-state index contributed by atoms with van der Waals surface area (Å²) in [5, 5.41) is 0. The fourth-order valence-electron chi connectivity index (χ4n) is 6.29. The first-order chi connectivity index (χ1) is 21.5. The van der Waals surface area contributed by atoms with Gasteiger partial charge in [0.25, 0.3) is 5.56 Å². The van der Waals surface area contributed by atoms with Crippen LogP contribution in [0.25, 0.3) is 11.1 Å². The van der Waals surface area contributed by atoms with Crippen molar-refractivity contribution in [3.8, 4) is 11.1 Å². The van der Waals surface area contributed by atoms with E-state index in [-0.39, 0.29) is 30.0 Å². The Morgan fingerprint density at radius 2 is 1.69 bits per heavy atom. The Morgan fingerprint density at radius 1 is 0.956 bits per heavy atom. The van der Waals surface area contributed by atoms with Crippen LogP contribution in [0.5, 0.6) is 0 Å². The normalized spacial score (nSPS) is 18.5. The van der Waals surface area contributed by atoms with Crippen molar-refractivity contribution in [1.29, 1.82) is 0 Å². The fraction of sp³-hybridized carbons (Fsp3) is 0.486. The van der Waals surface area contributed by atoms with Gasteiger partial charge >= 0.3 is 6.09 Å². The van der Waals surface area contributed by atoms with Gasteiger partial charge in [-0.1, -0.05) is 42.5 Å². The van der Waals surface area contributed by atoms with Gasteiger partial charge in [-0.05, 0) is 98.7 Å². The fourth-order valence-corrected chi connectivity index (χ4v) is 6.29. The van der Waals surface area contributed by atoms with E-state index >= 15 is 0 Å². The molecule has 2 atom stereocenters. The Kier molecular flexibility index (Phi) is 10.1. The zero-order valence-corrected chi connectivity index (χ0v) is 27.3. The van der Waals surface area contributed by atoms with Crippen LogP contribution in [0.4, 0.5) is 4.79 Å². The molecule has 1 saturated heterocycles. The molecule has 2 heterocycles. The monoisotopic (exact) mass is 613 g/mol. The topological polar surface area (TPSA) is 81.1 Å². The van der Waals surface area contributed by atoms with E-state index in [1.54, 1.807) is 31.3 Å². The Hall–Kier alpha value is -3.91. The molecule has 8 heteroatoms. The zero-order valence-electron chi connectivity index (χ0n) is 27.3. The number of benzene rings is 2. The number of aromatic nitrogens is 1. The maximum Gasteiger partial charge on any atom is 0.410 e. The van der Waals surface area contributed by atoms with E-state index in [1.807, 2.05) is 49.9 Å². The molecular formula is C37H47N3O5. The summed E-state index contributed by atoms with van der Waals surface area (Å²) in [5.74, 6) is -0.633. The molecular weight excluding hydrogens is 566 g/mol. The van der Waals surface area contributed by atoms with Crippen LogP contribution >= 0.6 is 0 Å². The number of carbonyl (C=O) groups excluding carboxylic acids is 2. The first-order valence-electron chi connectivity index (χ1n) is 16.1. The number of amides is 2. The smallest absolute Gasteiger partial charge is 0.410 e. The number of aryl methyl sites for hydroxylation is 2. The molecule has 240 valence electrons. The predicted octanol–water partition coefficient (Wildman–Crippen LogP) is 6.16. The van der Waals surface area contributed by atoms with Crippen LogP contribution in [0, 0.1) is 5.92 Å². The van der Waals surface area contributed by atoms with Crippen LogP contribution in [0.1, 0.15) is 69.1 Å². The van der Waals surface area contributed by atoms with Gasteiger partial charge in [0, 0.05) is 58.7 Å². The highest BCUT2D eigenvalue weighted by Crippen LogP contribution is 2.38. The predicted molar refractivity (Wildman–Crippen MR) is 176 cm³/mol. The van der Waals surface area contributed by atoms with Crippen LogP contribution in [-0.4, -0.2) is 64.8 Å². The quantitative estimate of drug-likeness (QED) is 0.256. The van der Waals surface area contributed by atoms with Crippen molar-refractivity contribution < 1.29 is 19.1 Å². The Labute approximate surface area is 266 Å². The number of likely N-dealkylation sites (tertiary alicyclic amines) is 1. The first kappa shape index (κ1) is 32.5. The molecule has 0 N–H and O–H groups in total. The van der Waals surface area contributed by atoms with E-state index in [9.17, 15) is 14.4 Å². The summed E-state index contributed by atoms with van der Waals surface area (Å²) in [6.07, 6.45) is 5.66. The Balaban J connectivity index is 1.46. The van der Waals surface area contributed by atoms with Gasteiger partial charge in [0.15, 0.2) is 0 Å². The van der Waals surface area contributed by atoms with Crippen LogP contribution in [-0.2, 0) is 34.3 Å². The second kappa shape index (κ2) is 14.0. The molecule has 2 amide bonds. The van der Waals surface area contributed by atoms with Crippen LogP contribution in [0.2, 0.25) is 0 Å². The number of hydrogen-bond acceptors (Lipinski definition) is 5. The molecule has 0 bridgehead atoms.